The molecule has 0 saturated carbocycles. The number of hydrogen-bond donors (Lipinski definition) is 1. The van der Waals surface area contributed by atoms with E-state index in [1.807, 2.05) is 32.3 Å². The fourth-order valence-electron chi connectivity index (χ4n) is 2.87. The summed E-state index contributed by atoms with van der Waals surface area (Å²) in [6.45, 7) is 0.851. The standard InChI is InChI=1S/C19H20ClN3OS2/c1-23(2)14-6-3-12(4-7-14)18-21-10-15(24-18)11-25-19-22-16-9-13(20)5-8-17(16)26-19/h3-9,15,18,21H,10-11H2,1-2H3/t15-,18+/m0/s1. The number of ether oxygens (including phenoxy) is 1. The average molecular weight is 406 g/mol. The van der Waals surface area contributed by atoms with Crippen LogP contribution >= 0.6 is 34.7 Å². The van der Waals surface area contributed by atoms with E-state index < -0.39 is 0 Å². The molecule has 4 nitrogen and oxygen atoms in total. The molecule has 0 amide bonds. The van der Waals surface area contributed by atoms with E-state index in [4.69, 9.17) is 16.3 Å². The van der Waals surface area contributed by atoms with Crippen LogP contribution in [0.15, 0.2) is 46.8 Å². The summed E-state index contributed by atoms with van der Waals surface area (Å²) < 4.78 is 8.40. The number of thiazole rings is 1. The van der Waals surface area contributed by atoms with E-state index in [9.17, 15) is 0 Å². The maximum atomic E-state index is 6.17. The average Bonchev–Trinajstić information content (AvgIpc) is 3.26. The van der Waals surface area contributed by atoms with Crippen molar-refractivity contribution in [2.24, 2.45) is 0 Å². The lowest BCUT2D eigenvalue weighted by Crippen LogP contribution is -2.16. The zero-order chi connectivity index (χ0) is 18.1. The summed E-state index contributed by atoms with van der Waals surface area (Å²) in [5.41, 5.74) is 3.32. The fraction of sp³-hybridized carbons (Fsp3) is 0.316. The third-order valence-corrected chi connectivity index (χ3v) is 6.84. The van der Waals surface area contributed by atoms with Crippen LogP contribution in [0, 0.1) is 0 Å². The topological polar surface area (TPSA) is 37.4 Å². The summed E-state index contributed by atoms with van der Waals surface area (Å²) in [5, 5.41) is 4.19. The molecule has 4 rings (SSSR count). The van der Waals surface area contributed by atoms with Crippen molar-refractivity contribution in [2.75, 3.05) is 31.3 Å². The van der Waals surface area contributed by atoms with Crippen molar-refractivity contribution < 1.29 is 4.74 Å². The maximum Gasteiger partial charge on any atom is 0.151 e. The molecule has 0 aliphatic carbocycles. The highest BCUT2D eigenvalue weighted by molar-refractivity contribution is 8.01. The van der Waals surface area contributed by atoms with Crippen molar-refractivity contribution in [1.29, 1.82) is 0 Å². The highest BCUT2D eigenvalue weighted by Gasteiger charge is 2.26. The Labute approximate surface area is 166 Å². The summed E-state index contributed by atoms with van der Waals surface area (Å²) in [5.74, 6) is 0.882. The second-order valence-corrected chi connectivity index (χ2v) is 9.17. The zero-order valence-corrected chi connectivity index (χ0v) is 17.0. The Balaban J connectivity index is 1.35. The number of fused-ring (bicyclic) bond motifs is 1. The zero-order valence-electron chi connectivity index (χ0n) is 14.6. The predicted molar refractivity (Wildman–Crippen MR) is 112 cm³/mol. The molecule has 0 unspecified atom stereocenters. The molecule has 1 aliphatic heterocycles. The van der Waals surface area contributed by atoms with E-state index in [0.717, 1.165) is 32.7 Å². The lowest BCUT2D eigenvalue weighted by atomic mass is 10.2. The number of rotatable bonds is 5. The molecule has 3 aromatic rings. The van der Waals surface area contributed by atoms with Crippen LogP contribution in [-0.2, 0) is 4.74 Å². The Morgan fingerprint density at radius 3 is 2.85 bits per heavy atom. The van der Waals surface area contributed by atoms with Gasteiger partial charge in [0, 0.05) is 37.1 Å². The number of anilines is 1. The molecule has 0 radical (unpaired) electrons. The van der Waals surface area contributed by atoms with Crippen LogP contribution in [0.4, 0.5) is 5.69 Å². The highest BCUT2D eigenvalue weighted by Crippen LogP contribution is 2.33. The van der Waals surface area contributed by atoms with Crippen LogP contribution in [0.3, 0.4) is 0 Å². The van der Waals surface area contributed by atoms with Crippen LogP contribution < -0.4 is 10.2 Å². The molecule has 7 heteroatoms. The molecule has 26 heavy (non-hydrogen) atoms. The van der Waals surface area contributed by atoms with E-state index in [1.54, 1.807) is 23.1 Å². The first-order valence-corrected chi connectivity index (χ1v) is 10.6. The third-order valence-electron chi connectivity index (χ3n) is 4.29. The first-order chi connectivity index (χ1) is 12.6. The molecular formula is C19H20ClN3OS2. The summed E-state index contributed by atoms with van der Waals surface area (Å²) in [6, 6.07) is 14.3. The third kappa shape index (κ3) is 4.00. The first kappa shape index (κ1) is 18.1. The van der Waals surface area contributed by atoms with Gasteiger partial charge in [-0.15, -0.1) is 11.3 Å². The second kappa shape index (κ2) is 7.74. The molecule has 1 aliphatic rings. The molecule has 0 bridgehead atoms. The van der Waals surface area contributed by atoms with Crippen molar-refractivity contribution in [3.63, 3.8) is 0 Å². The number of aromatic nitrogens is 1. The summed E-state index contributed by atoms with van der Waals surface area (Å²) >= 11 is 9.49. The highest BCUT2D eigenvalue weighted by atomic mass is 35.5. The lowest BCUT2D eigenvalue weighted by molar-refractivity contribution is 0.0535. The Morgan fingerprint density at radius 2 is 2.08 bits per heavy atom. The Kier molecular flexibility index (Phi) is 5.38. The Bertz CT molecular complexity index is 897. The van der Waals surface area contributed by atoms with Crippen molar-refractivity contribution in [3.8, 4) is 0 Å². The minimum Gasteiger partial charge on any atom is -0.378 e. The van der Waals surface area contributed by atoms with Crippen molar-refractivity contribution >= 4 is 50.6 Å². The van der Waals surface area contributed by atoms with Gasteiger partial charge < -0.3 is 9.64 Å². The van der Waals surface area contributed by atoms with Gasteiger partial charge in [-0.1, -0.05) is 35.5 Å². The van der Waals surface area contributed by atoms with Crippen LogP contribution in [0.25, 0.3) is 10.2 Å². The molecule has 136 valence electrons. The minimum absolute atomic E-state index is 0.0361. The second-order valence-electron chi connectivity index (χ2n) is 6.44. The molecule has 1 N–H and O–H groups in total. The van der Waals surface area contributed by atoms with Crippen LogP contribution in [0.5, 0.6) is 0 Å². The molecule has 2 heterocycles. The van der Waals surface area contributed by atoms with Gasteiger partial charge in [-0.2, -0.15) is 0 Å². The number of benzene rings is 2. The largest absolute Gasteiger partial charge is 0.378 e. The molecule has 2 aromatic carbocycles. The predicted octanol–water partition coefficient (Wildman–Crippen LogP) is 4.80. The quantitative estimate of drug-likeness (QED) is 0.617. The van der Waals surface area contributed by atoms with E-state index in [1.165, 1.54) is 10.4 Å². The Morgan fingerprint density at radius 1 is 1.27 bits per heavy atom. The molecule has 2 atom stereocenters. The number of thioether (sulfide) groups is 1. The number of hydrogen-bond acceptors (Lipinski definition) is 6. The van der Waals surface area contributed by atoms with Gasteiger partial charge >= 0.3 is 0 Å². The first-order valence-electron chi connectivity index (χ1n) is 8.43. The van der Waals surface area contributed by atoms with E-state index in [0.29, 0.717) is 0 Å². The van der Waals surface area contributed by atoms with Gasteiger partial charge in [-0.05, 0) is 35.9 Å². The summed E-state index contributed by atoms with van der Waals surface area (Å²) in [4.78, 5) is 6.75. The van der Waals surface area contributed by atoms with Crippen LogP contribution in [-0.4, -0.2) is 37.5 Å². The number of nitrogens with one attached hydrogen (secondary N) is 1. The lowest BCUT2D eigenvalue weighted by Gasteiger charge is -2.16. The molecule has 1 aromatic heterocycles. The molecule has 1 saturated heterocycles. The summed E-state index contributed by atoms with van der Waals surface area (Å²) in [7, 11) is 4.09. The van der Waals surface area contributed by atoms with Gasteiger partial charge in [0.05, 0.1) is 16.3 Å². The minimum atomic E-state index is -0.0361. The summed E-state index contributed by atoms with van der Waals surface area (Å²) in [6.07, 6.45) is 0.139. The smallest absolute Gasteiger partial charge is 0.151 e. The van der Waals surface area contributed by atoms with E-state index in [2.05, 4.69) is 39.5 Å². The van der Waals surface area contributed by atoms with E-state index in [-0.39, 0.29) is 12.3 Å². The van der Waals surface area contributed by atoms with Gasteiger partial charge in [0.15, 0.2) is 4.34 Å². The molecular weight excluding hydrogens is 386 g/mol. The van der Waals surface area contributed by atoms with Crippen LogP contribution in [0.1, 0.15) is 11.8 Å². The SMILES string of the molecule is CN(C)c1ccc([C@@H]2NC[C@@H](CSc3nc4cc(Cl)ccc4s3)O2)cc1. The molecule has 1 fully saturated rings. The van der Waals surface area contributed by atoms with Crippen LogP contribution in [0.2, 0.25) is 5.02 Å². The van der Waals surface area contributed by atoms with E-state index >= 15 is 0 Å². The van der Waals surface area contributed by atoms with Gasteiger partial charge in [0.1, 0.15) is 6.23 Å². The van der Waals surface area contributed by atoms with Gasteiger partial charge in [-0.25, -0.2) is 4.98 Å². The fourth-order valence-corrected chi connectivity index (χ4v) is 5.12. The van der Waals surface area contributed by atoms with Gasteiger partial charge in [-0.3, -0.25) is 5.32 Å². The molecule has 0 spiro atoms. The number of nitrogens with zero attached hydrogens (tertiary/aromatic N) is 2. The maximum absolute atomic E-state index is 6.17. The normalized spacial score (nSPS) is 20.0. The van der Waals surface area contributed by atoms with Crippen molar-refractivity contribution in [1.82, 2.24) is 10.3 Å². The Hall–Kier alpha value is -1.31. The van der Waals surface area contributed by atoms with Crippen molar-refractivity contribution in [3.05, 3.63) is 53.1 Å². The number of halogens is 1. The monoisotopic (exact) mass is 405 g/mol. The van der Waals surface area contributed by atoms with Crippen molar-refractivity contribution in [2.45, 2.75) is 16.7 Å². The van der Waals surface area contributed by atoms with Gasteiger partial charge in [0.25, 0.3) is 0 Å². The van der Waals surface area contributed by atoms with Gasteiger partial charge in [0.2, 0.25) is 0 Å².